The first-order chi connectivity index (χ1) is 10.1. The van der Waals surface area contributed by atoms with Crippen LogP contribution in [0, 0.1) is 6.92 Å². The van der Waals surface area contributed by atoms with Gasteiger partial charge in [-0.1, -0.05) is 24.3 Å². The van der Waals surface area contributed by atoms with E-state index in [9.17, 15) is 4.79 Å². The molecule has 106 valence electrons. The molecule has 0 radical (unpaired) electrons. The molecular weight excluding hydrogens is 264 g/mol. The molecule has 0 saturated heterocycles. The minimum absolute atomic E-state index is 0.0974. The lowest BCUT2D eigenvalue weighted by molar-refractivity contribution is 0.0697. The van der Waals surface area contributed by atoms with Gasteiger partial charge in [0, 0.05) is 0 Å². The van der Waals surface area contributed by atoms with Gasteiger partial charge < -0.3 is 9.67 Å². The summed E-state index contributed by atoms with van der Waals surface area (Å²) < 4.78 is 2.02. The zero-order chi connectivity index (χ0) is 15.0. The first-order valence-electron chi connectivity index (χ1n) is 6.83. The van der Waals surface area contributed by atoms with Gasteiger partial charge in [0.2, 0.25) is 0 Å². The van der Waals surface area contributed by atoms with Crippen molar-refractivity contribution in [3.05, 3.63) is 65.5 Å². The Bertz CT molecular complexity index is 821. The van der Waals surface area contributed by atoms with Crippen LogP contribution in [0.15, 0.2) is 48.8 Å². The van der Waals surface area contributed by atoms with Crippen LogP contribution in [0.3, 0.4) is 0 Å². The molecular formula is C17H16N2O2. The SMILES string of the molecule is Cc1ccccc1C(C)n1cnc2ccc(C(=O)O)cc21. The number of benzene rings is 2. The van der Waals surface area contributed by atoms with Crippen LogP contribution < -0.4 is 0 Å². The Morgan fingerprint density at radius 3 is 2.71 bits per heavy atom. The summed E-state index contributed by atoms with van der Waals surface area (Å²) in [6.07, 6.45) is 1.77. The number of aryl methyl sites for hydroxylation is 1. The van der Waals surface area contributed by atoms with Gasteiger partial charge in [-0.2, -0.15) is 0 Å². The maximum Gasteiger partial charge on any atom is 0.335 e. The van der Waals surface area contributed by atoms with E-state index in [1.54, 1.807) is 24.5 Å². The average molecular weight is 280 g/mol. The Morgan fingerprint density at radius 2 is 2.00 bits per heavy atom. The molecule has 4 heteroatoms. The zero-order valence-electron chi connectivity index (χ0n) is 11.9. The Morgan fingerprint density at radius 1 is 1.24 bits per heavy atom. The highest BCUT2D eigenvalue weighted by Crippen LogP contribution is 2.26. The van der Waals surface area contributed by atoms with E-state index in [4.69, 9.17) is 5.11 Å². The molecule has 0 spiro atoms. The molecule has 21 heavy (non-hydrogen) atoms. The highest BCUT2D eigenvalue weighted by molar-refractivity contribution is 5.92. The van der Waals surface area contributed by atoms with E-state index >= 15 is 0 Å². The van der Waals surface area contributed by atoms with Gasteiger partial charge in [-0.15, -0.1) is 0 Å². The lowest BCUT2D eigenvalue weighted by Gasteiger charge is -2.17. The smallest absolute Gasteiger partial charge is 0.335 e. The lowest BCUT2D eigenvalue weighted by Crippen LogP contribution is -2.07. The van der Waals surface area contributed by atoms with Crippen LogP contribution in [0.5, 0.6) is 0 Å². The molecule has 0 amide bonds. The molecule has 0 fully saturated rings. The molecule has 3 rings (SSSR count). The summed E-state index contributed by atoms with van der Waals surface area (Å²) in [4.78, 5) is 15.5. The second-order valence-corrected chi connectivity index (χ2v) is 5.19. The number of hydrogen-bond acceptors (Lipinski definition) is 2. The predicted octanol–water partition coefficient (Wildman–Crippen LogP) is 3.65. The average Bonchev–Trinajstić information content (AvgIpc) is 2.90. The summed E-state index contributed by atoms with van der Waals surface area (Å²) in [7, 11) is 0. The second kappa shape index (κ2) is 5.05. The number of carboxylic acid groups (broad SMARTS) is 1. The third-order valence-electron chi connectivity index (χ3n) is 3.88. The molecule has 1 N–H and O–H groups in total. The molecule has 0 saturated carbocycles. The fourth-order valence-electron chi connectivity index (χ4n) is 2.67. The molecule has 0 bridgehead atoms. The maximum atomic E-state index is 11.1. The first kappa shape index (κ1) is 13.4. The minimum atomic E-state index is -0.923. The van der Waals surface area contributed by atoms with E-state index in [1.807, 2.05) is 16.7 Å². The normalized spacial score (nSPS) is 12.5. The number of hydrogen-bond donors (Lipinski definition) is 1. The summed E-state index contributed by atoms with van der Waals surface area (Å²) in [6.45, 7) is 4.17. The Labute approximate surface area is 122 Å². The van der Waals surface area contributed by atoms with Crippen molar-refractivity contribution in [1.29, 1.82) is 0 Å². The van der Waals surface area contributed by atoms with Crippen LogP contribution in [-0.4, -0.2) is 20.6 Å². The van der Waals surface area contributed by atoms with Gasteiger partial charge in [0.05, 0.1) is 29.0 Å². The summed E-state index contributed by atoms with van der Waals surface area (Å²) in [6, 6.07) is 13.3. The lowest BCUT2D eigenvalue weighted by atomic mass is 10.0. The highest BCUT2D eigenvalue weighted by atomic mass is 16.4. The van der Waals surface area contributed by atoms with Crippen molar-refractivity contribution < 1.29 is 9.90 Å². The van der Waals surface area contributed by atoms with Crippen molar-refractivity contribution in [2.45, 2.75) is 19.9 Å². The number of fused-ring (bicyclic) bond motifs is 1. The number of carbonyl (C=O) groups is 1. The van der Waals surface area contributed by atoms with Gasteiger partial charge in [-0.05, 0) is 43.2 Å². The van der Waals surface area contributed by atoms with Crippen LogP contribution in [-0.2, 0) is 0 Å². The number of nitrogens with zero attached hydrogens (tertiary/aromatic N) is 2. The first-order valence-corrected chi connectivity index (χ1v) is 6.83. The van der Waals surface area contributed by atoms with E-state index in [0.717, 1.165) is 11.0 Å². The summed E-state index contributed by atoms with van der Waals surface area (Å²) >= 11 is 0. The number of imidazole rings is 1. The number of aromatic nitrogens is 2. The van der Waals surface area contributed by atoms with E-state index in [-0.39, 0.29) is 11.6 Å². The van der Waals surface area contributed by atoms with Gasteiger partial charge in [-0.25, -0.2) is 9.78 Å². The Kier molecular flexibility index (Phi) is 3.22. The van der Waals surface area contributed by atoms with Gasteiger partial charge in [0.25, 0.3) is 0 Å². The Hall–Kier alpha value is -2.62. The third kappa shape index (κ3) is 2.29. The summed E-state index contributed by atoms with van der Waals surface area (Å²) in [5.74, 6) is -0.923. The predicted molar refractivity (Wildman–Crippen MR) is 81.7 cm³/mol. The van der Waals surface area contributed by atoms with Crippen molar-refractivity contribution in [1.82, 2.24) is 9.55 Å². The van der Waals surface area contributed by atoms with Crippen molar-refractivity contribution in [3.8, 4) is 0 Å². The van der Waals surface area contributed by atoms with E-state index in [2.05, 4.69) is 31.0 Å². The van der Waals surface area contributed by atoms with E-state index < -0.39 is 5.97 Å². The van der Waals surface area contributed by atoms with Crippen molar-refractivity contribution in [2.24, 2.45) is 0 Å². The standard InChI is InChI=1S/C17H16N2O2/c1-11-5-3-4-6-14(11)12(2)19-10-18-15-8-7-13(17(20)21)9-16(15)19/h3-10,12H,1-2H3,(H,20,21). The van der Waals surface area contributed by atoms with Crippen LogP contribution in [0.4, 0.5) is 0 Å². The molecule has 1 unspecified atom stereocenters. The molecule has 2 aromatic carbocycles. The topological polar surface area (TPSA) is 55.1 Å². The molecule has 1 atom stereocenters. The van der Waals surface area contributed by atoms with Gasteiger partial charge in [0.1, 0.15) is 0 Å². The van der Waals surface area contributed by atoms with Crippen molar-refractivity contribution in [2.75, 3.05) is 0 Å². The number of rotatable bonds is 3. The monoisotopic (exact) mass is 280 g/mol. The van der Waals surface area contributed by atoms with Gasteiger partial charge in [-0.3, -0.25) is 0 Å². The largest absolute Gasteiger partial charge is 0.478 e. The van der Waals surface area contributed by atoms with Crippen LogP contribution in [0.25, 0.3) is 11.0 Å². The molecule has 0 aliphatic rings. The van der Waals surface area contributed by atoms with Crippen LogP contribution in [0.1, 0.15) is 34.5 Å². The quantitative estimate of drug-likeness (QED) is 0.796. The fourth-order valence-corrected chi connectivity index (χ4v) is 2.67. The van der Waals surface area contributed by atoms with Crippen molar-refractivity contribution >= 4 is 17.0 Å². The maximum absolute atomic E-state index is 11.1. The van der Waals surface area contributed by atoms with Crippen LogP contribution >= 0.6 is 0 Å². The minimum Gasteiger partial charge on any atom is -0.478 e. The molecule has 0 aliphatic carbocycles. The summed E-state index contributed by atoms with van der Waals surface area (Å²) in [5, 5.41) is 9.14. The number of carboxylic acids is 1. The second-order valence-electron chi connectivity index (χ2n) is 5.19. The molecule has 4 nitrogen and oxygen atoms in total. The Balaban J connectivity index is 2.14. The molecule has 0 aliphatic heterocycles. The fraction of sp³-hybridized carbons (Fsp3) is 0.176. The highest BCUT2D eigenvalue weighted by Gasteiger charge is 2.14. The van der Waals surface area contributed by atoms with Gasteiger partial charge in [0.15, 0.2) is 0 Å². The van der Waals surface area contributed by atoms with E-state index in [0.29, 0.717) is 0 Å². The third-order valence-corrected chi connectivity index (χ3v) is 3.88. The van der Waals surface area contributed by atoms with Gasteiger partial charge >= 0.3 is 5.97 Å². The molecule has 3 aromatic rings. The van der Waals surface area contributed by atoms with E-state index in [1.165, 1.54) is 11.1 Å². The molecule has 1 aromatic heterocycles. The summed E-state index contributed by atoms with van der Waals surface area (Å²) in [5.41, 5.74) is 4.34. The molecule has 1 heterocycles. The zero-order valence-corrected chi connectivity index (χ0v) is 11.9. The van der Waals surface area contributed by atoms with Crippen molar-refractivity contribution in [3.63, 3.8) is 0 Å². The van der Waals surface area contributed by atoms with Crippen LogP contribution in [0.2, 0.25) is 0 Å². The number of aromatic carboxylic acids is 1.